The van der Waals surface area contributed by atoms with Gasteiger partial charge in [0.15, 0.2) is 6.61 Å². The van der Waals surface area contributed by atoms with E-state index in [-0.39, 0.29) is 23.8 Å². The van der Waals surface area contributed by atoms with Gasteiger partial charge in [-0.05, 0) is 37.1 Å². The number of hydrogen-bond donors (Lipinski definition) is 2. The van der Waals surface area contributed by atoms with Crippen LogP contribution in [0.3, 0.4) is 0 Å². The first-order valence-corrected chi connectivity index (χ1v) is 8.04. The van der Waals surface area contributed by atoms with Gasteiger partial charge in [0.05, 0.1) is 23.3 Å². The fourth-order valence-corrected chi connectivity index (χ4v) is 2.24. The maximum atomic E-state index is 12.0. The van der Waals surface area contributed by atoms with Gasteiger partial charge in [-0.25, -0.2) is 4.79 Å². The summed E-state index contributed by atoms with van der Waals surface area (Å²) in [6.45, 7) is -0.314. The van der Waals surface area contributed by atoms with E-state index < -0.39 is 23.4 Å². The molecular formula is C17H17N3O6. The van der Waals surface area contributed by atoms with Crippen LogP contribution in [0.2, 0.25) is 0 Å². The molecule has 0 radical (unpaired) electrons. The van der Waals surface area contributed by atoms with E-state index in [9.17, 15) is 19.7 Å². The van der Waals surface area contributed by atoms with Crippen LogP contribution in [-0.2, 0) is 16.1 Å². The van der Waals surface area contributed by atoms with Crippen molar-refractivity contribution < 1.29 is 23.7 Å². The van der Waals surface area contributed by atoms with Crippen LogP contribution in [0.5, 0.6) is 0 Å². The maximum Gasteiger partial charge on any atom is 0.338 e. The fraction of sp³-hybridized carbons (Fsp3) is 0.294. The SMILES string of the molecule is O=C(COC(=O)c1ccc(NC2CC2)c([N+](=O)[O-])c1)NCc1ccco1. The van der Waals surface area contributed by atoms with Crippen molar-refractivity contribution in [2.75, 3.05) is 11.9 Å². The minimum atomic E-state index is -0.806. The number of amides is 1. The van der Waals surface area contributed by atoms with E-state index in [0.29, 0.717) is 11.4 Å². The van der Waals surface area contributed by atoms with Crippen molar-refractivity contribution >= 4 is 23.3 Å². The monoisotopic (exact) mass is 359 g/mol. The van der Waals surface area contributed by atoms with Crippen LogP contribution in [0.4, 0.5) is 11.4 Å². The van der Waals surface area contributed by atoms with Crippen LogP contribution in [0.1, 0.15) is 29.0 Å². The predicted molar refractivity (Wildman–Crippen MR) is 90.6 cm³/mol. The third kappa shape index (κ3) is 4.59. The van der Waals surface area contributed by atoms with Gasteiger partial charge in [-0.2, -0.15) is 0 Å². The highest BCUT2D eigenvalue weighted by Crippen LogP contribution is 2.31. The fourth-order valence-electron chi connectivity index (χ4n) is 2.24. The molecule has 9 nitrogen and oxygen atoms in total. The predicted octanol–water partition coefficient (Wildman–Crippen LogP) is 2.24. The Morgan fingerprint density at radius 1 is 1.31 bits per heavy atom. The van der Waals surface area contributed by atoms with Crippen molar-refractivity contribution in [1.29, 1.82) is 0 Å². The molecule has 1 heterocycles. The number of nitrogens with zero attached hydrogens (tertiary/aromatic N) is 1. The van der Waals surface area contributed by atoms with Crippen molar-refractivity contribution in [1.82, 2.24) is 5.32 Å². The van der Waals surface area contributed by atoms with Gasteiger partial charge in [0.1, 0.15) is 11.4 Å². The number of hydrogen-bond acceptors (Lipinski definition) is 7. The third-order valence-electron chi connectivity index (χ3n) is 3.74. The molecule has 0 saturated heterocycles. The lowest BCUT2D eigenvalue weighted by Gasteiger charge is -2.08. The molecule has 0 atom stereocenters. The van der Waals surface area contributed by atoms with Gasteiger partial charge < -0.3 is 19.8 Å². The first kappa shape index (κ1) is 17.5. The summed E-state index contributed by atoms with van der Waals surface area (Å²) in [5.74, 6) is -0.741. The molecule has 0 bridgehead atoms. The van der Waals surface area contributed by atoms with Crippen LogP contribution < -0.4 is 10.6 Å². The quantitative estimate of drug-likeness (QED) is 0.421. The largest absolute Gasteiger partial charge is 0.467 e. The maximum absolute atomic E-state index is 12.0. The van der Waals surface area contributed by atoms with E-state index in [4.69, 9.17) is 9.15 Å². The smallest absolute Gasteiger partial charge is 0.338 e. The van der Waals surface area contributed by atoms with E-state index >= 15 is 0 Å². The Kier molecular flexibility index (Phi) is 5.16. The van der Waals surface area contributed by atoms with Crippen molar-refractivity contribution in [3.8, 4) is 0 Å². The molecule has 0 unspecified atom stereocenters. The third-order valence-corrected chi connectivity index (χ3v) is 3.74. The molecule has 1 amide bonds. The number of nitro benzene ring substituents is 1. The molecular weight excluding hydrogens is 342 g/mol. The molecule has 2 aromatic rings. The zero-order valence-corrected chi connectivity index (χ0v) is 13.8. The summed E-state index contributed by atoms with van der Waals surface area (Å²) in [5.41, 5.74) is 0.177. The second-order valence-electron chi connectivity index (χ2n) is 5.84. The highest BCUT2D eigenvalue weighted by atomic mass is 16.6. The van der Waals surface area contributed by atoms with Gasteiger partial charge in [-0.1, -0.05) is 0 Å². The van der Waals surface area contributed by atoms with Crippen LogP contribution in [0.15, 0.2) is 41.0 Å². The topological polar surface area (TPSA) is 124 Å². The molecule has 136 valence electrons. The molecule has 2 N–H and O–H groups in total. The highest BCUT2D eigenvalue weighted by molar-refractivity contribution is 5.93. The number of carbonyl (C=O) groups is 2. The average molecular weight is 359 g/mol. The Morgan fingerprint density at radius 2 is 2.12 bits per heavy atom. The van der Waals surface area contributed by atoms with Crippen LogP contribution in [0.25, 0.3) is 0 Å². The number of carbonyl (C=O) groups excluding carboxylic acids is 2. The molecule has 1 aromatic carbocycles. The number of esters is 1. The highest BCUT2D eigenvalue weighted by Gasteiger charge is 2.26. The van der Waals surface area contributed by atoms with Crippen molar-refractivity contribution in [3.05, 3.63) is 58.0 Å². The number of rotatable bonds is 8. The van der Waals surface area contributed by atoms with E-state index in [1.54, 1.807) is 12.1 Å². The summed E-state index contributed by atoms with van der Waals surface area (Å²) in [6.07, 6.45) is 3.41. The Bertz CT molecular complexity index is 814. The number of ether oxygens (including phenoxy) is 1. The zero-order chi connectivity index (χ0) is 18.5. The summed E-state index contributed by atoms with van der Waals surface area (Å²) in [4.78, 5) is 34.4. The number of furan rings is 1. The number of nitro groups is 1. The zero-order valence-electron chi connectivity index (χ0n) is 13.8. The molecule has 1 saturated carbocycles. The molecule has 3 rings (SSSR count). The molecule has 26 heavy (non-hydrogen) atoms. The van der Waals surface area contributed by atoms with Gasteiger partial charge in [0.2, 0.25) is 0 Å². The molecule has 0 spiro atoms. The second kappa shape index (κ2) is 7.68. The lowest BCUT2D eigenvalue weighted by Crippen LogP contribution is -2.28. The van der Waals surface area contributed by atoms with Crippen LogP contribution >= 0.6 is 0 Å². The second-order valence-corrected chi connectivity index (χ2v) is 5.84. The van der Waals surface area contributed by atoms with Crippen LogP contribution in [0, 0.1) is 10.1 Å². The Balaban J connectivity index is 1.55. The number of anilines is 1. The molecule has 0 aliphatic heterocycles. The lowest BCUT2D eigenvalue weighted by atomic mass is 10.1. The Labute approximate surface area is 148 Å². The van der Waals surface area contributed by atoms with Crippen LogP contribution in [-0.4, -0.2) is 29.4 Å². The van der Waals surface area contributed by atoms with Gasteiger partial charge in [0.25, 0.3) is 11.6 Å². The van der Waals surface area contributed by atoms with Gasteiger partial charge in [-0.3, -0.25) is 14.9 Å². The number of benzene rings is 1. The van der Waals surface area contributed by atoms with E-state index in [1.165, 1.54) is 18.4 Å². The van der Waals surface area contributed by atoms with Crippen molar-refractivity contribution in [2.45, 2.75) is 25.4 Å². The average Bonchev–Trinajstić information content (AvgIpc) is 3.29. The summed E-state index contributed by atoms with van der Waals surface area (Å²) in [7, 11) is 0. The first-order chi connectivity index (χ1) is 12.5. The van der Waals surface area contributed by atoms with E-state index in [2.05, 4.69) is 10.6 Å². The van der Waals surface area contributed by atoms with E-state index in [1.807, 2.05) is 0 Å². The Morgan fingerprint density at radius 3 is 2.77 bits per heavy atom. The molecule has 1 fully saturated rings. The Hall–Kier alpha value is -3.36. The molecule has 9 heteroatoms. The molecule has 1 aromatic heterocycles. The summed E-state index contributed by atoms with van der Waals surface area (Å²) >= 11 is 0. The summed E-state index contributed by atoms with van der Waals surface area (Å²) in [6, 6.07) is 7.68. The van der Waals surface area contributed by atoms with Gasteiger partial charge in [0, 0.05) is 12.1 Å². The lowest BCUT2D eigenvalue weighted by molar-refractivity contribution is -0.384. The molecule has 1 aliphatic rings. The summed E-state index contributed by atoms with van der Waals surface area (Å²) in [5, 5.41) is 16.8. The van der Waals surface area contributed by atoms with Gasteiger partial charge >= 0.3 is 5.97 Å². The van der Waals surface area contributed by atoms with Crippen molar-refractivity contribution in [2.24, 2.45) is 0 Å². The standard InChI is InChI=1S/C17H17N3O6/c21-16(18-9-13-2-1-7-25-13)10-26-17(22)11-3-6-14(19-12-4-5-12)15(8-11)20(23)24/h1-3,6-8,12,19H,4-5,9-10H2,(H,18,21). The minimum Gasteiger partial charge on any atom is -0.467 e. The van der Waals surface area contributed by atoms with E-state index in [0.717, 1.165) is 18.9 Å². The van der Waals surface area contributed by atoms with Crippen molar-refractivity contribution in [3.63, 3.8) is 0 Å². The number of nitrogens with one attached hydrogen (secondary N) is 2. The summed E-state index contributed by atoms with van der Waals surface area (Å²) < 4.78 is 9.97. The molecule has 1 aliphatic carbocycles. The minimum absolute atomic E-state index is 0.0110. The normalized spacial score (nSPS) is 13.1. The first-order valence-electron chi connectivity index (χ1n) is 8.04. The van der Waals surface area contributed by atoms with Gasteiger partial charge in [-0.15, -0.1) is 0 Å².